The lowest BCUT2D eigenvalue weighted by Gasteiger charge is -2.20. The Kier molecular flexibility index (Phi) is 5.39. The predicted octanol–water partition coefficient (Wildman–Crippen LogP) is 3.72. The van der Waals surface area contributed by atoms with Crippen molar-refractivity contribution in [2.75, 3.05) is 5.32 Å². The van der Waals surface area contributed by atoms with Crippen LogP contribution in [0.4, 0.5) is 24.5 Å². The molecule has 0 saturated carbocycles. The van der Waals surface area contributed by atoms with Crippen molar-refractivity contribution in [3.8, 4) is 0 Å². The molecule has 1 amide bonds. The number of nitro groups is 1. The van der Waals surface area contributed by atoms with Gasteiger partial charge in [0.15, 0.2) is 0 Å². The zero-order valence-corrected chi connectivity index (χ0v) is 15.9. The van der Waals surface area contributed by atoms with Crippen LogP contribution in [0.5, 0.6) is 0 Å². The van der Waals surface area contributed by atoms with E-state index in [1.165, 1.54) is 24.3 Å². The highest BCUT2D eigenvalue weighted by Gasteiger charge is 2.44. The summed E-state index contributed by atoms with van der Waals surface area (Å²) in [6, 6.07) is 7.75. The Labute approximate surface area is 172 Å². The summed E-state index contributed by atoms with van der Waals surface area (Å²) in [5.74, 6) is -3.70. The summed E-state index contributed by atoms with van der Waals surface area (Å²) in [5, 5.41) is 16.5. The second-order valence-corrected chi connectivity index (χ2v) is 6.53. The van der Waals surface area contributed by atoms with Crippen LogP contribution in [0.1, 0.15) is 26.3 Å². The van der Waals surface area contributed by atoms with Gasteiger partial charge < -0.3 is 10.2 Å². The Morgan fingerprint density at radius 3 is 2.40 bits per heavy atom. The second kappa shape index (κ2) is 7.67. The fraction of sp³-hybridized carbons (Fsp3) is 0.0588. The van der Waals surface area contributed by atoms with Gasteiger partial charge in [-0.15, -0.1) is 0 Å². The molecule has 3 rings (SSSR count). The number of benzene rings is 2. The predicted molar refractivity (Wildman–Crippen MR) is 98.1 cm³/mol. The van der Waals surface area contributed by atoms with Crippen LogP contribution in [-0.2, 0) is 15.8 Å². The van der Waals surface area contributed by atoms with Crippen LogP contribution in [-0.4, -0.2) is 28.3 Å². The van der Waals surface area contributed by atoms with E-state index in [4.69, 9.17) is 0 Å². The second-order valence-electron chi connectivity index (χ2n) is 5.73. The highest BCUT2D eigenvalue weighted by molar-refractivity contribution is 9.10. The number of anilines is 1. The molecule has 1 heterocycles. The van der Waals surface area contributed by atoms with Gasteiger partial charge in [-0.2, -0.15) is 13.2 Å². The van der Waals surface area contributed by atoms with Crippen LogP contribution < -0.4 is 5.32 Å². The third kappa shape index (κ3) is 3.78. The number of nitrogens with zero attached hydrogens (tertiary/aromatic N) is 2. The summed E-state index contributed by atoms with van der Waals surface area (Å²) in [4.78, 5) is 51.4. The number of hydrogen-bond acceptors (Lipinski definition) is 7. The van der Waals surface area contributed by atoms with Crippen LogP contribution in [0.15, 0.2) is 46.0 Å². The average molecular weight is 486 g/mol. The molecule has 0 aromatic heterocycles. The lowest BCUT2D eigenvalue weighted by molar-refractivity contribution is -0.386. The molecule has 30 heavy (non-hydrogen) atoms. The molecular formula is C17H7BrF3N3O6. The van der Waals surface area contributed by atoms with Crippen LogP contribution in [0.2, 0.25) is 0 Å². The number of oxime groups is 1. The minimum atomic E-state index is -5.01. The molecule has 0 saturated heterocycles. The number of ketones is 1. The molecule has 2 aromatic carbocycles. The van der Waals surface area contributed by atoms with Crippen LogP contribution in [0.3, 0.4) is 0 Å². The van der Waals surface area contributed by atoms with Crippen molar-refractivity contribution in [1.82, 2.24) is 0 Å². The van der Waals surface area contributed by atoms with E-state index >= 15 is 0 Å². The van der Waals surface area contributed by atoms with Crippen molar-refractivity contribution in [3.63, 3.8) is 0 Å². The van der Waals surface area contributed by atoms with Gasteiger partial charge in [0.1, 0.15) is 10.0 Å². The van der Waals surface area contributed by atoms with E-state index in [2.05, 4.69) is 25.9 Å². The normalized spacial score (nSPS) is 14.9. The highest BCUT2D eigenvalue weighted by Crippen LogP contribution is 2.45. The monoisotopic (exact) mass is 485 g/mol. The van der Waals surface area contributed by atoms with E-state index in [0.717, 1.165) is 0 Å². The number of rotatable bonds is 3. The summed E-state index contributed by atoms with van der Waals surface area (Å²) in [6.07, 6.45) is -5.01. The number of nitro benzene ring substituents is 1. The molecular weight excluding hydrogens is 479 g/mol. The molecule has 1 aliphatic rings. The molecule has 0 spiro atoms. The van der Waals surface area contributed by atoms with Gasteiger partial charge in [0.2, 0.25) is 11.5 Å². The third-order valence-corrected chi connectivity index (χ3v) is 4.66. The number of amides is 1. The molecule has 2 aromatic rings. The van der Waals surface area contributed by atoms with Crippen molar-refractivity contribution in [1.29, 1.82) is 0 Å². The van der Waals surface area contributed by atoms with Gasteiger partial charge in [-0.1, -0.05) is 23.4 Å². The number of carbonyl (C=O) groups excluding carboxylic acids is 3. The zero-order valence-electron chi connectivity index (χ0n) is 14.3. The number of halogens is 4. The first kappa shape index (κ1) is 21.1. The largest absolute Gasteiger partial charge is 0.417 e. The molecule has 0 atom stereocenters. The topological polar surface area (TPSA) is 128 Å². The van der Waals surface area contributed by atoms with Crippen molar-refractivity contribution >= 4 is 50.7 Å². The fourth-order valence-electron chi connectivity index (χ4n) is 2.55. The number of alkyl halides is 3. The van der Waals surface area contributed by atoms with E-state index in [0.29, 0.717) is 6.07 Å². The first-order valence-corrected chi connectivity index (χ1v) is 8.60. The van der Waals surface area contributed by atoms with Gasteiger partial charge in [0.25, 0.3) is 11.6 Å². The maximum atomic E-state index is 13.2. The smallest absolute Gasteiger partial charge is 0.319 e. The van der Waals surface area contributed by atoms with Gasteiger partial charge in [-0.3, -0.25) is 19.7 Å². The van der Waals surface area contributed by atoms with Crippen LogP contribution >= 0.6 is 15.9 Å². The molecule has 0 fully saturated rings. The number of fused-ring (bicyclic) bond motifs is 1. The summed E-state index contributed by atoms with van der Waals surface area (Å²) in [7, 11) is 0. The van der Waals surface area contributed by atoms with Gasteiger partial charge in [-0.05, 0) is 34.1 Å². The molecule has 0 radical (unpaired) electrons. The maximum absolute atomic E-state index is 13.2. The first-order chi connectivity index (χ1) is 14.0. The number of hydrogen-bond donors (Lipinski definition) is 1. The number of carbonyl (C=O) groups is 3. The molecule has 13 heteroatoms. The van der Waals surface area contributed by atoms with Gasteiger partial charge in [0, 0.05) is 0 Å². The number of Topliss-reactive ketones (excluding diaryl/α,β-unsaturated/α-hetero) is 1. The molecule has 0 unspecified atom stereocenters. The minimum Gasteiger partial charge on any atom is -0.319 e. The Morgan fingerprint density at radius 2 is 1.83 bits per heavy atom. The zero-order chi connectivity index (χ0) is 22.2. The Hall–Kier alpha value is -3.61. The van der Waals surface area contributed by atoms with E-state index in [1.54, 1.807) is 6.07 Å². The quantitative estimate of drug-likeness (QED) is 0.400. The lowest BCUT2D eigenvalue weighted by atomic mass is 9.96. The molecule has 1 N–H and O–H groups in total. The Balaban J connectivity index is 2.07. The molecule has 154 valence electrons. The van der Waals surface area contributed by atoms with E-state index in [-0.39, 0.29) is 5.56 Å². The molecule has 0 aliphatic carbocycles. The van der Waals surface area contributed by atoms with Crippen molar-refractivity contribution < 1.29 is 37.3 Å². The van der Waals surface area contributed by atoms with Crippen LogP contribution in [0, 0.1) is 10.1 Å². The summed E-state index contributed by atoms with van der Waals surface area (Å²) >= 11 is 2.50. The molecule has 1 aliphatic heterocycles. The Morgan fingerprint density at radius 1 is 1.20 bits per heavy atom. The SMILES string of the molecule is O=C1Nc2cc(C(F)(F)F)c(Br)c([N+](=O)[O-])c2C(=O)C1=NOC(=O)c1ccccc1. The van der Waals surface area contributed by atoms with E-state index in [1.807, 2.05) is 5.32 Å². The Bertz CT molecular complexity index is 1130. The van der Waals surface area contributed by atoms with Gasteiger partial charge >= 0.3 is 12.1 Å². The minimum absolute atomic E-state index is 0.0365. The third-order valence-electron chi connectivity index (χ3n) is 3.86. The summed E-state index contributed by atoms with van der Waals surface area (Å²) in [6.45, 7) is 0. The summed E-state index contributed by atoms with van der Waals surface area (Å²) < 4.78 is 38.5. The van der Waals surface area contributed by atoms with Crippen LogP contribution in [0.25, 0.3) is 0 Å². The maximum Gasteiger partial charge on any atom is 0.417 e. The van der Waals surface area contributed by atoms with Crippen molar-refractivity contribution in [2.24, 2.45) is 5.16 Å². The van der Waals surface area contributed by atoms with Gasteiger partial charge in [0.05, 0.1) is 21.7 Å². The van der Waals surface area contributed by atoms with E-state index < -0.39 is 61.4 Å². The average Bonchev–Trinajstić information content (AvgIpc) is 2.67. The fourth-order valence-corrected chi connectivity index (χ4v) is 3.23. The summed E-state index contributed by atoms with van der Waals surface area (Å²) in [5.41, 5.74) is -5.24. The van der Waals surface area contributed by atoms with Crippen molar-refractivity contribution in [3.05, 3.63) is 67.7 Å². The van der Waals surface area contributed by atoms with E-state index in [9.17, 15) is 37.7 Å². The molecule has 0 bridgehead atoms. The highest BCUT2D eigenvalue weighted by atomic mass is 79.9. The van der Waals surface area contributed by atoms with Gasteiger partial charge in [-0.25, -0.2) is 4.79 Å². The molecule has 9 nitrogen and oxygen atoms in total. The standard InChI is InChI=1S/C17H7BrF3N3O6/c18-11-8(17(19,20)21)6-9-10(13(11)24(28)29)14(25)12(15(26)22-9)23-30-16(27)7-4-2-1-3-5-7/h1-6H,(H,22,26). The lowest BCUT2D eigenvalue weighted by Crippen LogP contribution is -2.37. The first-order valence-electron chi connectivity index (χ1n) is 7.81. The van der Waals surface area contributed by atoms with Crippen molar-refractivity contribution in [2.45, 2.75) is 6.18 Å². The number of nitrogens with one attached hydrogen (secondary N) is 1.